The van der Waals surface area contributed by atoms with Gasteiger partial charge in [0.25, 0.3) is 0 Å². The molecule has 0 fully saturated rings. The van der Waals surface area contributed by atoms with E-state index in [0.29, 0.717) is 19.3 Å². The van der Waals surface area contributed by atoms with E-state index in [1.807, 2.05) is 0 Å². The van der Waals surface area contributed by atoms with Crippen molar-refractivity contribution in [2.45, 2.75) is 374 Å². The molecule has 480 valence electrons. The Labute approximate surface area is 515 Å². The fourth-order valence-electron chi connectivity index (χ4n) is 10.6. The van der Waals surface area contributed by atoms with Crippen LogP contribution in [-0.4, -0.2) is 37.2 Å². The summed E-state index contributed by atoms with van der Waals surface area (Å²) in [6.45, 7) is 6.46. The van der Waals surface area contributed by atoms with Gasteiger partial charge in [-0.05, 0) is 89.9 Å². The molecule has 0 spiro atoms. The molecule has 0 rings (SSSR count). The number of rotatable bonds is 66. The van der Waals surface area contributed by atoms with Gasteiger partial charge in [-0.25, -0.2) is 0 Å². The summed E-state index contributed by atoms with van der Waals surface area (Å²) in [4.78, 5) is 38.5. The Bertz CT molecular complexity index is 1570. The maximum absolute atomic E-state index is 13.0. The minimum atomic E-state index is -0.785. The smallest absolute Gasteiger partial charge is 0.306 e. The average Bonchev–Trinajstić information content (AvgIpc) is 3.49. The summed E-state index contributed by atoms with van der Waals surface area (Å²) in [5.41, 5.74) is 0. The lowest BCUT2D eigenvalue weighted by Gasteiger charge is -2.18. The van der Waals surface area contributed by atoms with Crippen molar-refractivity contribution in [1.82, 2.24) is 0 Å². The average molecular weight is 1160 g/mol. The molecule has 0 aromatic heterocycles. The molecule has 0 radical (unpaired) electrons. The van der Waals surface area contributed by atoms with Gasteiger partial charge in [0.2, 0.25) is 0 Å². The summed E-state index contributed by atoms with van der Waals surface area (Å²) in [5, 5.41) is 0. The molecule has 0 heterocycles. The van der Waals surface area contributed by atoms with Crippen molar-refractivity contribution in [2.75, 3.05) is 13.2 Å². The highest BCUT2D eigenvalue weighted by Crippen LogP contribution is 2.18. The van der Waals surface area contributed by atoms with Gasteiger partial charge in [-0.1, -0.05) is 343 Å². The highest BCUT2D eigenvalue weighted by Gasteiger charge is 2.19. The van der Waals surface area contributed by atoms with Gasteiger partial charge >= 0.3 is 17.9 Å². The van der Waals surface area contributed by atoms with E-state index in [2.05, 4.69) is 106 Å². The van der Waals surface area contributed by atoms with Gasteiger partial charge in [-0.2, -0.15) is 0 Å². The molecule has 6 nitrogen and oxygen atoms in total. The van der Waals surface area contributed by atoms with Gasteiger partial charge in [0.15, 0.2) is 6.10 Å². The Balaban J connectivity index is 4.29. The van der Waals surface area contributed by atoms with Crippen LogP contribution >= 0.6 is 0 Å². The zero-order chi connectivity index (χ0) is 59.9. The van der Waals surface area contributed by atoms with E-state index in [1.165, 1.54) is 205 Å². The van der Waals surface area contributed by atoms with Crippen molar-refractivity contribution >= 4 is 17.9 Å². The van der Waals surface area contributed by atoms with Crippen molar-refractivity contribution < 1.29 is 28.6 Å². The third kappa shape index (κ3) is 69.3. The summed E-state index contributed by atoms with van der Waals surface area (Å²) in [6.07, 6.45) is 94.8. The van der Waals surface area contributed by atoms with Crippen molar-refractivity contribution in [3.63, 3.8) is 0 Å². The molecule has 0 aromatic rings. The molecule has 0 bridgehead atoms. The van der Waals surface area contributed by atoms with Gasteiger partial charge < -0.3 is 14.2 Å². The Hall–Kier alpha value is -3.41. The number of allylic oxidation sites excluding steroid dienone is 14. The number of carbonyl (C=O) groups excluding carboxylic acids is 3. The van der Waals surface area contributed by atoms with Crippen LogP contribution in [0.4, 0.5) is 0 Å². The maximum Gasteiger partial charge on any atom is 0.306 e. The van der Waals surface area contributed by atoms with E-state index in [-0.39, 0.29) is 31.1 Å². The van der Waals surface area contributed by atoms with Crippen LogP contribution in [-0.2, 0) is 28.6 Å². The monoisotopic (exact) mass is 1160 g/mol. The molecule has 0 aromatic carbocycles. The molecule has 1 unspecified atom stereocenters. The van der Waals surface area contributed by atoms with E-state index in [0.717, 1.165) is 122 Å². The largest absolute Gasteiger partial charge is 0.462 e. The minimum absolute atomic E-state index is 0.0797. The second-order valence-electron chi connectivity index (χ2n) is 24.1. The standard InChI is InChI=1S/C77H136O6/c1-4-7-10-13-16-19-22-25-28-30-32-34-36-38-40-42-44-46-49-52-55-58-61-64-67-70-76(79)82-73-74(72-81-75(78)69-66-63-60-57-54-51-48-27-24-21-18-15-12-9-6-3)83-77(80)71-68-65-62-59-56-53-50-47-45-43-41-39-37-35-33-31-29-26-23-20-17-14-11-8-5-2/h7,9-10,12,16,18-19,21,25,27-28,32,34,48,74H,4-6,8,11,13-15,17,20,22-24,26,29-31,33,35-47,49-73H2,1-3H3/b10-7-,12-9-,19-16-,21-18-,28-25-,34-32-,48-27-. The van der Waals surface area contributed by atoms with Crippen molar-refractivity contribution in [1.29, 1.82) is 0 Å². The molecule has 0 aliphatic heterocycles. The van der Waals surface area contributed by atoms with Crippen molar-refractivity contribution in [3.8, 4) is 0 Å². The fourth-order valence-corrected chi connectivity index (χ4v) is 10.6. The Kier molecular flexibility index (Phi) is 68.2. The molecule has 0 saturated heterocycles. The first-order chi connectivity index (χ1) is 41.0. The first kappa shape index (κ1) is 79.6. The second-order valence-corrected chi connectivity index (χ2v) is 24.1. The zero-order valence-corrected chi connectivity index (χ0v) is 55.2. The molecule has 0 N–H and O–H groups in total. The van der Waals surface area contributed by atoms with Crippen LogP contribution in [0.5, 0.6) is 0 Å². The zero-order valence-electron chi connectivity index (χ0n) is 55.2. The van der Waals surface area contributed by atoms with Gasteiger partial charge in [0.05, 0.1) is 0 Å². The first-order valence-corrected chi connectivity index (χ1v) is 36.1. The lowest BCUT2D eigenvalue weighted by molar-refractivity contribution is -0.167. The van der Waals surface area contributed by atoms with Gasteiger partial charge in [-0.15, -0.1) is 0 Å². The number of unbranched alkanes of at least 4 members (excludes halogenated alkanes) is 41. The van der Waals surface area contributed by atoms with Crippen LogP contribution in [0, 0.1) is 0 Å². The highest BCUT2D eigenvalue weighted by atomic mass is 16.6. The van der Waals surface area contributed by atoms with Crippen LogP contribution in [0.2, 0.25) is 0 Å². The molecule has 83 heavy (non-hydrogen) atoms. The molecule has 1 atom stereocenters. The molecule has 0 aliphatic carbocycles. The molecule has 6 heteroatoms. The maximum atomic E-state index is 13.0. The summed E-state index contributed by atoms with van der Waals surface area (Å²) in [7, 11) is 0. The predicted octanol–water partition coefficient (Wildman–Crippen LogP) is 25.0. The van der Waals surface area contributed by atoms with Crippen LogP contribution in [0.3, 0.4) is 0 Å². The van der Waals surface area contributed by atoms with Gasteiger partial charge in [0, 0.05) is 19.3 Å². The van der Waals surface area contributed by atoms with Crippen LogP contribution < -0.4 is 0 Å². The van der Waals surface area contributed by atoms with E-state index in [4.69, 9.17) is 14.2 Å². The number of carbonyl (C=O) groups is 3. The minimum Gasteiger partial charge on any atom is -0.462 e. The lowest BCUT2D eigenvalue weighted by Crippen LogP contribution is -2.30. The predicted molar refractivity (Wildman–Crippen MR) is 362 cm³/mol. The van der Waals surface area contributed by atoms with Gasteiger partial charge in [-0.3, -0.25) is 14.4 Å². The van der Waals surface area contributed by atoms with Crippen LogP contribution in [0.25, 0.3) is 0 Å². The summed E-state index contributed by atoms with van der Waals surface area (Å²) in [6, 6.07) is 0. The molecule has 0 saturated carbocycles. The number of hydrogen-bond acceptors (Lipinski definition) is 6. The summed E-state index contributed by atoms with van der Waals surface area (Å²) >= 11 is 0. The van der Waals surface area contributed by atoms with E-state index in [9.17, 15) is 14.4 Å². The molecular formula is C77H136O6. The van der Waals surface area contributed by atoms with Crippen molar-refractivity contribution in [2.24, 2.45) is 0 Å². The van der Waals surface area contributed by atoms with E-state index >= 15 is 0 Å². The number of esters is 3. The highest BCUT2D eigenvalue weighted by molar-refractivity contribution is 5.71. The fraction of sp³-hybridized carbons (Fsp3) is 0.779. The van der Waals surface area contributed by atoms with Gasteiger partial charge in [0.1, 0.15) is 13.2 Å². The number of hydrogen-bond donors (Lipinski definition) is 0. The third-order valence-corrected chi connectivity index (χ3v) is 15.9. The van der Waals surface area contributed by atoms with Crippen LogP contribution in [0.1, 0.15) is 367 Å². The summed E-state index contributed by atoms with van der Waals surface area (Å²) < 4.78 is 17.0. The molecule has 0 aliphatic rings. The quantitative estimate of drug-likeness (QED) is 0.0261. The normalized spacial score (nSPS) is 12.6. The molecular weight excluding hydrogens is 1020 g/mol. The van der Waals surface area contributed by atoms with E-state index in [1.54, 1.807) is 0 Å². The Morgan fingerprint density at radius 2 is 0.470 bits per heavy atom. The van der Waals surface area contributed by atoms with Crippen molar-refractivity contribution in [3.05, 3.63) is 85.1 Å². The lowest BCUT2D eigenvalue weighted by atomic mass is 10.0. The third-order valence-electron chi connectivity index (χ3n) is 15.9. The Morgan fingerprint density at radius 3 is 0.735 bits per heavy atom. The summed E-state index contributed by atoms with van der Waals surface area (Å²) in [5.74, 6) is -0.877. The second kappa shape index (κ2) is 71.1. The van der Waals surface area contributed by atoms with E-state index < -0.39 is 6.10 Å². The Morgan fingerprint density at radius 1 is 0.253 bits per heavy atom. The van der Waals surface area contributed by atoms with Crippen LogP contribution in [0.15, 0.2) is 85.1 Å². The first-order valence-electron chi connectivity index (χ1n) is 36.1. The molecule has 0 amide bonds. The SMILES string of the molecule is CC/C=C\C/C=C\C/C=C\C/C=C\CCCCCCCCCCCCCCC(=O)OCC(COC(=O)CCCCCCC/C=C\C/C=C\C/C=C\CC)OC(=O)CCCCCCCCCCCCCCCCCCCCCCCCCCC. The topological polar surface area (TPSA) is 78.9 Å². The number of ether oxygens (including phenoxy) is 3.